The molecular formula is C24H21FN4O5S. The maximum Gasteiger partial charge on any atom is 0.344 e. The molecule has 0 saturated carbocycles. The smallest absolute Gasteiger partial charge is 0.318 e. The van der Waals surface area contributed by atoms with E-state index in [4.69, 9.17) is 0 Å². The van der Waals surface area contributed by atoms with E-state index < -0.39 is 39.2 Å². The summed E-state index contributed by atoms with van der Waals surface area (Å²) in [5.41, 5.74) is 1.76. The van der Waals surface area contributed by atoms with Crippen LogP contribution < -0.4 is 15.5 Å². The summed E-state index contributed by atoms with van der Waals surface area (Å²) >= 11 is 0. The molecule has 0 radical (unpaired) electrons. The molecular weight excluding hydrogens is 475 g/mol. The molecule has 35 heavy (non-hydrogen) atoms. The zero-order chi connectivity index (χ0) is 25.2. The highest BCUT2D eigenvalue weighted by Gasteiger charge is 2.52. The highest BCUT2D eigenvalue weighted by molar-refractivity contribution is 7.92. The second kappa shape index (κ2) is 9.18. The lowest BCUT2D eigenvalue weighted by atomic mass is 9.87. The molecule has 3 N–H and O–H groups in total. The molecule has 1 aliphatic rings. The predicted octanol–water partition coefficient (Wildman–Crippen LogP) is 3.13. The molecule has 9 nitrogen and oxygen atoms in total. The van der Waals surface area contributed by atoms with Gasteiger partial charge in [0.25, 0.3) is 21.8 Å². The van der Waals surface area contributed by atoms with Gasteiger partial charge in [0.2, 0.25) is 0 Å². The second-order valence-electron chi connectivity index (χ2n) is 7.77. The number of carbonyl (C=O) groups excluding carboxylic acids is 3. The average molecular weight is 497 g/mol. The Morgan fingerprint density at radius 1 is 0.971 bits per heavy atom. The number of sulfonamides is 1. The largest absolute Gasteiger partial charge is 0.344 e. The maximum atomic E-state index is 13.1. The summed E-state index contributed by atoms with van der Waals surface area (Å²) in [5.74, 6) is -1.91. The maximum absolute atomic E-state index is 13.1. The number of rotatable bonds is 7. The van der Waals surface area contributed by atoms with Crippen LogP contribution in [0.4, 0.5) is 14.9 Å². The third-order valence-corrected chi connectivity index (χ3v) is 7.02. The Hall–Kier alpha value is -4.25. The number of halogens is 1. The number of amides is 4. The Kier molecular flexibility index (Phi) is 6.27. The molecule has 0 spiro atoms. The third-order valence-electron chi connectivity index (χ3n) is 5.63. The third kappa shape index (κ3) is 4.58. The first-order valence-electron chi connectivity index (χ1n) is 10.6. The van der Waals surface area contributed by atoms with E-state index in [-0.39, 0.29) is 22.6 Å². The minimum Gasteiger partial charge on any atom is -0.318 e. The Morgan fingerprint density at radius 3 is 2.20 bits per heavy atom. The minimum absolute atomic E-state index is 0.0278. The van der Waals surface area contributed by atoms with Crippen LogP contribution >= 0.6 is 0 Å². The van der Waals surface area contributed by atoms with E-state index >= 15 is 0 Å². The second-order valence-corrected chi connectivity index (χ2v) is 9.46. The van der Waals surface area contributed by atoms with Crippen molar-refractivity contribution in [1.82, 2.24) is 15.8 Å². The standard InChI is InChI=1S/C24H21FN4O5S/c1-2-24(17-6-4-3-5-7-17)22(31)29(23(32)26-24)27-21(30)16-8-14-20(15-9-16)35(33,34)28-19-12-10-18(25)11-13-19/h3-15,28H,2H2,1H3,(H,26,32)(H,27,30). The lowest BCUT2D eigenvalue weighted by Crippen LogP contribution is -2.48. The fraction of sp³-hybridized carbons (Fsp3) is 0.125. The van der Waals surface area contributed by atoms with Crippen molar-refractivity contribution in [2.24, 2.45) is 0 Å². The van der Waals surface area contributed by atoms with Gasteiger partial charge in [0.1, 0.15) is 11.4 Å². The van der Waals surface area contributed by atoms with Gasteiger partial charge in [-0.1, -0.05) is 37.3 Å². The molecule has 1 atom stereocenters. The van der Waals surface area contributed by atoms with Crippen LogP contribution in [0.5, 0.6) is 0 Å². The molecule has 1 saturated heterocycles. The molecule has 3 aromatic rings. The first-order valence-corrected chi connectivity index (χ1v) is 12.1. The fourth-order valence-electron chi connectivity index (χ4n) is 3.72. The van der Waals surface area contributed by atoms with Crippen molar-refractivity contribution in [1.29, 1.82) is 0 Å². The number of anilines is 1. The normalized spacial score (nSPS) is 17.7. The van der Waals surface area contributed by atoms with Crippen LogP contribution in [0, 0.1) is 5.82 Å². The van der Waals surface area contributed by atoms with Crippen molar-refractivity contribution in [3.63, 3.8) is 0 Å². The van der Waals surface area contributed by atoms with Crippen molar-refractivity contribution >= 4 is 33.6 Å². The molecule has 0 aliphatic carbocycles. The number of benzene rings is 3. The van der Waals surface area contributed by atoms with Crippen molar-refractivity contribution in [3.8, 4) is 0 Å². The van der Waals surface area contributed by atoms with Crippen molar-refractivity contribution < 1.29 is 27.2 Å². The first-order chi connectivity index (χ1) is 16.7. The van der Waals surface area contributed by atoms with Gasteiger partial charge in [0.05, 0.1) is 4.90 Å². The summed E-state index contributed by atoms with van der Waals surface area (Å²) in [4.78, 5) is 38.3. The molecule has 3 aromatic carbocycles. The highest BCUT2D eigenvalue weighted by Crippen LogP contribution is 2.31. The Balaban J connectivity index is 1.49. The van der Waals surface area contributed by atoms with Gasteiger partial charge >= 0.3 is 6.03 Å². The molecule has 4 amide bonds. The number of nitrogens with zero attached hydrogens (tertiary/aromatic N) is 1. The lowest BCUT2D eigenvalue weighted by Gasteiger charge is -2.25. The van der Waals surface area contributed by atoms with Gasteiger partial charge in [-0.15, -0.1) is 0 Å². The number of imide groups is 1. The molecule has 1 fully saturated rings. The van der Waals surface area contributed by atoms with Crippen LogP contribution in [-0.2, 0) is 20.4 Å². The minimum atomic E-state index is -3.99. The number of hydrogen-bond acceptors (Lipinski definition) is 5. The summed E-state index contributed by atoms with van der Waals surface area (Å²) < 4.78 is 40.5. The summed E-state index contributed by atoms with van der Waals surface area (Å²) in [5, 5.41) is 3.28. The van der Waals surface area contributed by atoms with E-state index in [2.05, 4.69) is 15.5 Å². The molecule has 4 rings (SSSR count). The molecule has 1 heterocycles. The van der Waals surface area contributed by atoms with Crippen LogP contribution in [0.3, 0.4) is 0 Å². The van der Waals surface area contributed by atoms with Gasteiger partial charge in [-0.3, -0.25) is 19.7 Å². The quantitative estimate of drug-likeness (QED) is 0.434. The number of hydrogen-bond donors (Lipinski definition) is 3. The van der Waals surface area contributed by atoms with Crippen molar-refractivity contribution in [3.05, 3.63) is 95.8 Å². The molecule has 11 heteroatoms. The van der Waals surface area contributed by atoms with Gasteiger partial charge in [-0.05, 0) is 60.5 Å². The number of carbonyl (C=O) groups is 3. The summed E-state index contributed by atoms with van der Waals surface area (Å²) in [6.07, 6.45) is 0.265. The zero-order valence-electron chi connectivity index (χ0n) is 18.5. The summed E-state index contributed by atoms with van der Waals surface area (Å²) in [7, 11) is -3.99. The monoisotopic (exact) mass is 496 g/mol. The van der Waals surface area contributed by atoms with Gasteiger partial charge in [0, 0.05) is 11.3 Å². The summed E-state index contributed by atoms with van der Waals surface area (Å²) in [6, 6.07) is 17.6. The van der Waals surface area contributed by atoms with E-state index in [1.807, 2.05) is 0 Å². The molecule has 180 valence electrons. The van der Waals surface area contributed by atoms with Gasteiger partial charge in [0.15, 0.2) is 0 Å². The number of nitrogens with one attached hydrogen (secondary N) is 3. The first kappa shape index (κ1) is 23.9. The Bertz CT molecular complexity index is 1380. The Morgan fingerprint density at radius 2 is 1.60 bits per heavy atom. The highest BCUT2D eigenvalue weighted by atomic mass is 32.2. The zero-order valence-corrected chi connectivity index (χ0v) is 19.3. The van der Waals surface area contributed by atoms with E-state index in [9.17, 15) is 27.2 Å². The van der Waals surface area contributed by atoms with Crippen molar-refractivity contribution in [2.75, 3.05) is 4.72 Å². The average Bonchev–Trinajstić information content (AvgIpc) is 3.11. The van der Waals surface area contributed by atoms with E-state index in [0.717, 1.165) is 12.1 Å². The van der Waals surface area contributed by atoms with Gasteiger partial charge in [-0.25, -0.2) is 17.6 Å². The number of hydrazine groups is 1. The fourth-order valence-corrected chi connectivity index (χ4v) is 4.78. The van der Waals surface area contributed by atoms with E-state index in [0.29, 0.717) is 10.6 Å². The van der Waals surface area contributed by atoms with Crippen LogP contribution in [0.2, 0.25) is 0 Å². The summed E-state index contributed by atoms with van der Waals surface area (Å²) in [6.45, 7) is 1.75. The topological polar surface area (TPSA) is 125 Å². The van der Waals surface area contributed by atoms with Crippen LogP contribution in [0.25, 0.3) is 0 Å². The number of urea groups is 1. The molecule has 1 unspecified atom stereocenters. The Labute approximate surface area is 201 Å². The van der Waals surface area contributed by atoms with Crippen LogP contribution in [0.15, 0.2) is 83.8 Å². The van der Waals surface area contributed by atoms with Gasteiger partial charge < -0.3 is 5.32 Å². The SMILES string of the molecule is CCC1(c2ccccc2)NC(=O)N(NC(=O)c2ccc(S(=O)(=O)Nc3ccc(F)cc3)cc2)C1=O. The van der Waals surface area contributed by atoms with E-state index in [1.165, 1.54) is 36.4 Å². The molecule has 0 aromatic heterocycles. The van der Waals surface area contributed by atoms with Crippen LogP contribution in [-0.4, -0.2) is 31.3 Å². The predicted molar refractivity (Wildman–Crippen MR) is 125 cm³/mol. The molecule has 1 aliphatic heterocycles. The molecule has 0 bridgehead atoms. The van der Waals surface area contributed by atoms with Crippen LogP contribution in [0.1, 0.15) is 29.3 Å². The lowest BCUT2D eigenvalue weighted by molar-refractivity contribution is -0.133. The van der Waals surface area contributed by atoms with Crippen molar-refractivity contribution in [2.45, 2.75) is 23.8 Å². The van der Waals surface area contributed by atoms with E-state index in [1.54, 1.807) is 37.3 Å². The van der Waals surface area contributed by atoms with Gasteiger partial charge in [-0.2, -0.15) is 5.01 Å².